The molecule has 0 heterocycles. The van der Waals surface area contributed by atoms with Crippen LogP contribution in [0.15, 0.2) is 169 Å². The summed E-state index contributed by atoms with van der Waals surface area (Å²) in [5, 5.41) is 7.14. The van der Waals surface area contributed by atoms with E-state index in [0.717, 1.165) is 21.4 Å². The van der Waals surface area contributed by atoms with Crippen molar-refractivity contribution in [3.8, 4) is 5.75 Å². The average molecular weight is 820 g/mol. The number of benzene rings is 6. The zero-order chi connectivity index (χ0) is 42.8. The molecule has 13 heteroatoms. The fourth-order valence-corrected chi connectivity index (χ4v) is 6.33. The smallest absolute Gasteiger partial charge is 0.437 e. The summed E-state index contributed by atoms with van der Waals surface area (Å²) >= 11 is 0. The van der Waals surface area contributed by atoms with E-state index in [9.17, 15) is 24.0 Å². The summed E-state index contributed by atoms with van der Waals surface area (Å²) in [6.45, 7) is -0.372. The van der Waals surface area contributed by atoms with Gasteiger partial charge in [-0.15, -0.1) is 4.99 Å². The molecule has 4 amide bonds. The fourth-order valence-electron chi connectivity index (χ4n) is 6.33. The van der Waals surface area contributed by atoms with Gasteiger partial charge in [-0.3, -0.25) is 9.59 Å². The quantitative estimate of drug-likeness (QED) is 0.0390. The number of amides is 4. The molecule has 4 N–H and O–H groups in total. The van der Waals surface area contributed by atoms with Crippen LogP contribution in [0.1, 0.15) is 39.9 Å². The van der Waals surface area contributed by atoms with Gasteiger partial charge in [0.1, 0.15) is 31.0 Å². The largest absolute Gasteiger partial charge is 0.444 e. The lowest BCUT2D eigenvalue weighted by atomic mass is 10.0. The Morgan fingerprint density at radius 1 is 0.607 bits per heavy atom. The van der Waals surface area contributed by atoms with E-state index in [-0.39, 0.29) is 44.8 Å². The first-order valence-electron chi connectivity index (χ1n) is 19.7. The molecule has 61 heavy (non-hydrogen) atoms. The minimum atomic E-state index is -1.28. The lowest BCUT2D eigenvalue weighted by molar-refractivity contribution is -0.139. The molecular weight excluding hydrogens is 775 g/mol. The molecule has 0 radical (unpaired) electrons. The van der Waals surface area contributed by atoms with Crippen molar-refractivity contribution in [1.29, 1.82) is 0 Å². The number of aliphatic imine (C=N–C) groups is 1. The van der Waals surface area contributed by atoms with Crippen LogP contribution in [0, 0.1) is 0 Å². The fraction of sp³-hybridized carbons (Fsp3) is 0.167. The molecule has 6 aromatic carbocycles. The van der Waals surface area contributed by atoms with E-state index in [1.54, 1.807) is 91.0 Å². The number of hydrogen-bond donors (Lipinski definition) is 3. The van der Waals surface area contributed by atoms with E-state index >= 15 is 0 Å². The summed E-state index contributed by atoms with van der Waals surface area (Å²) in [5.74, 6) is -2.14. The second-order valence-corrected chi connectivity index (χ2v) is 13.9. The third-order valence-electron chi connectivity index (χ3n) is 9.49. The van der Waals surface area contributed by atoms with Crippen molar-refractivity contribution in [2.45, 2.75) is 44.6 Å². The highest BCUT2D eigenvalue weighted by Gasteiger charge is 2.30. The van der Waals surface area contributed by atoms with Crippen molar-refractivity contribution < 1.29 is 38.2 Å². The molecule has 310 valence electrons. The number of ether oxygens (including phenoxy) is 3. The second kappa shape index (κ2) is 21.8. The Kier molecular flexibility index (Phi) is 15.3. The predicted molar refractivity (Wildman–Crippen MR) is 230 cm³/mol. The number of hydrogen-bond acceptors (Lipinski definition) is 8. The van der Waals surface area contributed by atoms with Gasteiger partial charge in [0.2, 0.25) is 11.9 Å². The first-order valence-corrected chi connectivity index (χ1v) is 19.7. The number of nitrogens with two attached hydrogens (primary N) is 1. The van der Waals surface area contributed by atoms with Crippen molar-refractivity contribution in [2.75, 3.05) is 6.54 Å². The average Bonchev–Trinajstić information content (AvgIpc) is 3.29. The van der Waals surface area contributed by atoms with Crippen molar-refractivity contribution in [3.05, 3.63) is 186 Å². The summed E-state index contributed by atoms with van der Waals surface area (Å²) in [6, 6.07) is 45.8. The lowest BCUT2D eigenvalue weighted by Crippen LogP contribution is -2.53. The van der Waals surface area contributed by atoms with Gasteiger partial charge in [0, 0.05) is 23.9 Å². The van der Waals surface area contributed by atoms with Crippen LogP contribution in [0.3, 0.4) is 0 Å². The van der Waals surface area contributed by atoms with Gasteiger partial charge in [0.15, 0.2) is 0 Å². The van der Waals surface area contributed by atoms with Crippen LogP contribution in [0.5, 0.6) is 5.75 Å². The Bertz CT molecular complexity index is 2430. The molecule has 2 atom stereocenters. The van der Waals surface area contributed by atoms with E-state index in [0.29, 0.717) is 16.5 Å². The summed E-state index contributed by atoms with van der Waals surface area (Å²) in [5.41, 5.74) is 8.80. The highest BCUT2D eigenvalue weighted by molar-refractivity contribution is 5.99. The van der Waals surface area contributed by atoms with Crippen LogP contribution >= 0.6 is 0 Å². The van der Waals surface area contributed by atoms with Gasteiger partial charge >= 0.3 is 18.2 Å². The Hall–Kier alpha value is -7.80. The minimum absolute atomic E-state index is 0.0328. The van der Waals surface area contributed by atoms with Crippen LogP contribution in [0.25, 0.3) is 10.8 Å². The van der Waals surface area contributed by atoms with Crippen molar-refractivity contribution >= 4 is 46.7 Å². The van der Waals surface area contributed by atoms with E-state index in [4.69, 9.17) is 19.9 Å². The Morgan fingerprint density at radius 3 is 1.82 bits per heavy atom. The Morgan fingerprint density at radius 2 is 1.16 bits per heavy atom. The molecule has 0 saturated carbocycles. The monoisotopic (exact) mass is 819 g/mol. The summed E-state index contributed by atoms with van der Waals surface area (Å²) in [7, 11) is 0. The molecule has 0 unspecified atom stereocenters. The molecule has 13 nitrogen and oxygen atoms in total. The molecule has 0 aliphatic heterocycles. The lowest BCUT2D eigenvalue weighted by Gasteiger charge is -2.25. The standard InChI is InChI=1S/C48H45N5O8/c49-46(52-47(57)59-32-35-19-7-2-8-20-35)53(48(58)60-33-36-21-9-3-10-22-36)30-16-28-40(45(56)61-42-29-15-26-37-23-13-14-27-39(37)42)50-44(55)41(31-34-17-5-1-6-18-34)51-43(54)38-24-11-4-12-25-38/h1-15,17-27,29,40-41H,16,28,30-33H2,(H,50,55)(H,51,54)(H2,49,52,57)/t40-,41-/m0/s1. The van der Waals surface area contributed by atoms with E-state index in [1.165, 1.54) is 0 Å². The second-order valence-electron chi connectivity index (χ2n) is 13.9. The summed E-state index contributed by atoms with van der Waals surface area (Å²) in [6.07, 6.45) is -1.87. The van der Waals surface area contributed by atoms with Gasteiger partial charge in [0.25, 0.3) is 5.91 Å². The molecule has 0 fully saturated rings. The molecule has 0 bridgehead atoms. The van der Waals surface area contributed by atoms with Crippen LogP contribution in [-0.4, -0.2) is 59.5 Å². The maximum Gasteiger partial charge on any atom is 0.437 e. The molecule has 0 saturated heterocycles. The first-order chi connectivity index (χ1) is 29.7. The van der Waals surface area contributed by atoms with Crippen LogP contribution < -0.4 is 21.1 Å². The Labute approximate surface area is 353 Å². The normalized spacial score (nSPS) is 12.0. The number of nitrogens with one attached hydrogen (secondary N) is 2. The number of carbonyl (C=O) groups is 5. The molecular formula is C48H45N5O8. The molecule has 0 spiro atoms. The van der Waals surface area contributed by atoms with Gasteiger partial charge < -0.3 is 30.6 Å². The van der Waals surface area contributed by atoms with Crippen LogP contribution in [-0.2, 0) is 38.7 Å². The molecule has 6 rings (SSSR count). The number of guanidine groups is 1. The van der Waals surface area contributed by atoms with Gasteiger partial charge in [-0.2, -0.15) is 0 Å². The number of esters is 1. The highest BCUT2D eigenvalue weighted by Crippen LogP contribution is 2.26. The van der Waals surface area contributed by atoms with E-state index in [1.807, 2.05) is 72.8 Å². The number of fused-ring (bicyclic) bond motifs is 1. The van der Waals surface area contributed by atoms with Crippen molar-refractivity contribution in [3.63, 3.8) is 0 Å². The zero-order valence-electron chi connectivity index (χ0n) is 33.2. The first kappa shape index (κ1) is 42.8. The minimum Gasteiger partial charge on any atom is -0.444 e. The third-order valence-corrected chi connectivity index (χ3v) is 9.49. The number of rotatable bonds is 16. The van der Waals surface area contributed by atoms with Gasteiger partial charge in [-0.1, -0.05) is 146 Å². The van der Waals surface area contributed by atoms with Crippen LogP contribution in [0.2, 0.25) is 0 Å². The molecule has 0 aliphatic rings. The van der Waals surface area contributed by atoms with Gasteiger partial charge in [-0.05, 0) is 53.1 Å². The third kappa shape index (κ3) is 12.8. The van der Waals surface area contributed by atoms with E-state index < -0.39 is 48.0 Å². The summed E-state index contributed by atoms with van der Waals surface area (Å²) < 4.78 is 16.7. The zero-order valence-corrected chi connectivity index (χ0v) is 33.2. The number of nitrogens with zero attached hydrogens (tertiary/aromatic N) is 2. The maximum atomic E-state index is 14.2. The molecule has 0 aromatic heterocycles. The van der Waals surface area contributed by atoms with Gasteiger partial charge in [-0.25, -0.2) is 19.3 Å². The van der Waals surface area contributed by atoms with Crippen molar-refractivity contribution in [1.82, 2.24) is 15.5 Å². The highest BCUT2D eigenvalue weighted by atomic mass is 16.6. The predicted octanol–water partition coefficient (Wildman–Crippen LogP) is 7.34. The van der Waals surface area contributed by atoms with Crippen LogP contribution in [0.4, 0.5) is 9.59 Å². The summed E-state index contributed by atoms with van der Waals surface area (Å²) in [4.78, 5) is 72.7. The van der Waals surface area contributed by atoms with Gasteiger partial charge in [0.05, 0.1) is 0 Å². The molecule has 6 aromatic rings. The van der Waals surface area contributed by atoms with E-state index in [2.05, 4.69) is 15.6 Å². The number of carbonyl (C=O) groups excluding carboxylic acids is 5. The maximum absolute atomic E-state index is 14.2. The van der Waals surface area contributed by atoms with Crippen molar-refractivity contribution in [2.24, 2.45) is 10.7 Å². The molecule has 0 aliphatic carbocycles. The SMILES string of the molecule is NC(=NC(=O)OCc1ccccc1)N(CCC[C@H](NC(=O)[C@H](Cc1ccccc1)NC(=O)c1ccccc1)C(=O)Oc1cccc2ccccc12)C(=O)OCc1ccccc1. The Balaban J connectivity index is 1.23. The topological polar surface area (TPSA) is 179 Å².